The summed E-state index contributed by atoms with van der Waals surface area (Å²) in [6.45, 7) is 8.15. The second-order valence-corrected chi connectivity index (χ2v) is 4.71. The minimum absolute atomic E-state index is 0.0533. The minimum atomic E-state index is 0.0533. The van der Waals surface area contributed by atoms with Crippen LogP contribution in [0.3, 0.4) is 0 Å². The van der Waals surface area contributed by atoms with Gasteiger partial charge in [-0.1, -0.05) is 32.6 Å². The molecule has 14 heavy (non-hydrogen) atoms. The molecule has 0 N–H and O–H groups in total. The fourth-order valence-electron chi connectivity index (χ4n) is 1.47. The smallest absolute Gasteiger partial charge is 0.112 e. The van der Waals surface area contributed by atoms with E-state index in [1.165, 1.54) is 32.1 Å². The molecule has 0 radical (unpaired) electrons. The highest BCUT2D eigenvalue weighted by Gasteiger charge is 2.39. The average Bonchev–Trinajstić information content (AvgIpc) is 2.89. The van der Waals surface area contributed by atoms with Crippen molar-refractivity contribution in [2.75, 3.05) is 13.2 Å². The lowest BCUT2D eigenvalue weighted by Crippen LogP contribution is -2.19. The van der Waals surface area contributed by atoms with Crippen molar-refractivity contribution in [3.63, 3.8) is 0 Å². The van der Waals surface area contributed by atoms with E-state index in [2.05, 4.69) is 20.8 Å². The van der Waals surface area contributed by atoms with Gasteiger partial charge in [0.2, 0.25) is 0 Å². The molecule has 1 aliphatic heterocycles. The highest BCUT2D eigenvalue weighted by atomic mass is 16.6. The number of hydrogen-bond donors (Lipinski definition) is 0. The number of hydrogen-bond acceptors (Lipinski definition) is 2. The van der Waals surface area contributed by atoms with Crippen molar-refractivity contribution in [2.45, 2.75) is 64.6 Å². The Balaban J connectivity index is 1.90. The lowest BCUT2D eigenvalue weighted by Gasteiger charge is -2.14. The molecule has 1 saturated heterocycles. The normalized spacial score (nSPS) is 27.6. The monoisotopic (exact) mass is 200 g/mol. The molecule has 0 spiro atoms. The number of unbranched alkanes of at least 4 members (excludes halogenated alkanes) is 3. The summed E-state index contributed by atoms with van der Waals surface area (Å²) in [6, 6.07) is 0. The van der Waals surface area contributed by atoms with Crippen LogP contribution < -0.4 is 0 Å². The third kappa shape index (κ3) is 4.97. The van der Waals surface area contributed by atoms with Crippen LogP contribution in [-0.4, -0.2) is 24.9 Å². The minimum Gasteiger partial charge on any atom is -0.375 e. The van der Waals surface area contributed by atoms with Gasteiger partial charge in [-0.05, 0) is 20.3 Å². The molecule has 1 heterocycles. The summed E-state index contributed by atoms with van der Waals surface area (Å²) in [7, 11) is 0. The van der Waals surface area contributed by atoms with Crippen LogP contribution in [0.2, 0.25) is 0 Å². The summed E-state index contributed by atoms with van der Waals surface area (Å²) in [6.07, 6.45) is 6.89. The van der Waals surface area contributed by atoms with Gasteiger partial charge < -0.3 is 9.47 Å². The summed E-state index contributed by atoms with van der Waals surface area (Å²) in [5.74, 6) is 0. The summed E-state index contributed by atoms with van der Waals surface area (Å²) in [4.78, 5) is 0. The Morgan fingerprint density at radius 3 is 2.64 bits per heavy atom. The van der Waals surface area contributed by atoms with E-state index in [9.17, 15) is 0 Å². The molecule has 2 unspecified atom stereocenters. The first kappa shape index (κ1) is 12.0. The third-order valence-electron chi connectivity index (χ3n) is 2.77. The molecule has 0 saturated carbocycles. The molecule has 0 aromatic rings. The second kappa shape index (κ2) is 5.72. The first-order valence-corrected chi connectivity index (χ1v) is 5.92. The molecule has 2 atom stereocenters. The Kier molecular flexibility index (Phi) is 4.90. The number of ether oxygens (including phenoxy) is 2. The molecular formula is C12H24O2. The predicted molar refractivity (Wildman–Crippen MR) is 58.5 cm³/mol. The number of rotatable bonds is 8. The van der Waals surface area contributed by atoms with Crippen LogP contribution in [0.4, 0.5) is 0 Å². The Morgan fingerprint density at radius 1 is 1.36 bits per heavy atom. The molecule has 0 amide bonds. The fourth-order valence-corrected chi connectivity index (χ4v) is 1.47. The van der Waals surface area contributed by atoms with Gasteiger partial charge in [0.25, 0.3) is 0 Å². The van der Waals surface area contributed by atoms with E-state index >= 15 is 0 Å². The van der Waals surface area contributed by atoms with E-state index < -0.39 is 0 Å². The summed E-state index contributed by atoms with van der Waals surface area (Å²) >= 11 is 0. The molecule has 0 aliphatic carbocycles. The summed E-state index contributed by atoms with van der Waals surface area (Å²) in [5, 5.41) is 0. The molecule has 84 valence electrons. The van der Waals surface area contributed by atoms with Crippen LogP contribution in [0.5, 0.6) is 0 Å². The van der Waals surface area contributed by atoms with Crippen molar-refractivity contribution in [3.8, 4) is 0 Å². The second-order valence-electron chi connectivity index (χ2n) is 4.71. The quantitative estimate of drug-likeness (QED) is 0.443. The molecule has 0 aromatic heterocycles. The van der Waals surface area contributed by atoms with Gasteiger partial charge in [-0.15, -0.1) is 0 Å². The van der Waals surface area contributed by atoms with Gasteiger partial charge in [0, 0.05) is 0 Å². The van der Waals surface area contributed by atoms with Crippen molar-refractivity contribution in [1.82, 2.24) is 0 Å². The Hall–Kier alpha value is -0.0800. The maximum Gasteiger partial charge on any atom is 0.112 e. The topological polar surface area (TPSA) is 21.8 Å². The Bertz CT molecular complexity index is 152. The van der Waals surface area contributed by atoms with E-state index in [0.717, 1.165) is 13.2 Å². The predicted octanol–water partition coefficient (Wildman–Crippen LogP) is 3.15. The summed E-state index contributed by atoms with van der Waals surface area (Å²) in [5.41, 5.74) is 0.0533. The average molecular weight is 200 g/mol. The Morgan fingerprint density at radius 2 is 2.07 bits per heavy atom. The molecular weight excluding hydrogens is 176 g/mol. The highest BCUT2D eigenvalue weighted by molar-refractivity contribution is 4.86. The molecule has 1 fully saturated rings. The third-order valence-corrected chi connectivity index (χ3v) is 2.77. The first-order chi connectivity index (χ1) is 6.66. The van der Waals surface area contributed by atoms with Crippen molar-refractivity contribution < 1.29 is 9.47 Å². The van der Waals surface area contributed by atoms with Gasteiger partial charge >= 0.3 is 0 Å². The lowest BCUT2D eigenvalue weighted by atomic mass is 10.1. The first-order valence-electron chi connectivity index (χ1n) is 5.92. The molecule has 0 bridgehead atoms. The van der Waals surface area contributed by atoms with Gasteiger partial charge in [-0.25, -0.2) is 0 Å². The molecule has 2 nitrogen and oxygen atoms in total. The molecule has 1 aliphatic rings. The maximum atomic E-state index is 5.72. The van der Waals surface area contributed by atoms with E-state index in [1.807, 2.05) is 0 Å². The Labute approximate surface area is 88.0 Å². The zero-order valence-electron chi connectivity index (χ0n) is 9.84. The van der Waals surface area contributed by atoms with Gasteiger partial charge in [0.15, 0.2) is 0 Å². The molecule has 1 rings (SSSR count). The van der Waals surface area contributed by atoms with Crippen LogP contribution >= 0.6 is 0 Å². The van der Waals surface area contributed by atoms with E-state index in [4.69, 9.17) is 9.47 Å². The summed E-state index contributed by atoms with van der Waals surface area (Å²) < 4.78 is 11.0. The standard InChI is InChI=1S/C12H24O2/c1-4-5-6-7-8-11(2)13-9-12(3)10-14-12/h11H,4-10H2,1-3H3. The van der Waals surface area contributed by atoms with Crippen molar-refractivity contribution in [3.05, 3.63) is 0 Å². The van der Waals surface area contributed by atoms with Crippen LogP contribution in [0, 0.1) is 0 Å². The van der Waals surface area contributed by atoms with Crippen LogP contribution in [0.25, 0.3) is 0 Å². The van der Waals surface area contributed by atoms with Crippen molar-refractivity contribution >= 4 is 0 Å². The largest absolute Gasteiger partial charge is 0.375 e. The zero-order valence-corrected chi connectivity index (χ0v) is 9.84. The van der Waals surface area contributed by atoms with Crippen LogP contribution in [-0.2, 0) is 9.47 Å². The van der Waals surface area contributed by atoms with Gasteiger partial charge in [-0.3, -0.25) is 0 Å². The van der Waals surface area contributed by atoms with E-state index in [0.29, 0.717) is 6.10 Å². The highest BCUT2D eigenvalue weighted by Crippen LogP contribution is 2.26. The van der Waals surface area contributed by atoms with E-state index in [-0.39, 0.29) is 5.60 Å². The lowest BCUT2D eigenvalue weighted by molar-refractivity contribution is 0.0262. The van der Waals surface area contributed by atoms with Gasteiger partial charge in [0.1, 0.15) is 5.60 Å². The van der Waals surface area contributed by atoms with Crippen molar-refractivity contribution in [2.24, 2.45) is 0 Å². The molecule has 0 aromatic carbocycles. The van der Waals surface area contributed by atoms with E-state index in [1.54, 1.807) is 0 Å². The van der Waals surface area contributed by atoms with Crippen molar-refractivity contribution in [1.29, 1.82) is 0 Å². The fraction of sp³-hybridized carbons (Fsp3) is 1.00. The van der Waals surface area contributed by atoms with Crippen LogP contribution in [0.15, 0.2) is 0 Å². The van der Waals surface area contributed by atoms with Crippen LogP contribution in [0.1, 0.15) is 52.9 Å². The molecule has 2 heteroatoms. The number of epoxide rings is 1. The van der Waals surface area contributed by atoms with Gasteiger partial charge in [0.05, 0.1) is 19.3 Å². The SMILES string of the molecule is CCCCCCC(C)OCC1(C)CO1. The van der Waals surface area contributed by atoms with Gasteiger partial charge in [-0.2, -0.15) is 0 Å². The zero-order chi connectivity index (χ0) is 10.4. The maximum absolute atomic E-state index is 5.72.